The molecule has 1 spiro atoms. The largest absolute Gasteiger partial charge is 0.487 e. The standard InChI is InChI=1S/C31H38N2O3/c1-20(2)19-33(27(34)12-11-22-8-5-7-21(3)17-22)24-13-14-31(35)26-18-23-9-6-10-25-28(23)30(31,29(24)36-25)15-16-32(26)4/h5-12,17,20,24,26,29,35H,13-16,18-19H2,1-4H3/t24-,26+,29-,30-,31+/m0/s1. The summed E-state index contributed by atoms with van der Waals surface area (Å²) in [6.45, 7) is 7.99. The molecule has 6 rings (SSSR count). The summed E-state index contributed by atoms with van der Waals surface area (Å²) in [4.78, 5) is 18.2. The third-order valence-corrected chi connectivity index (χ3v) is 9.30. The number of benzene rings is 2. The maximum Gasteiger partial charge on any atom is 0.246 e. The SMILES string of the molecule is Cc1cccc(C=CC(=O)N(CC(C)C)[C@H]2CC[C@@]3(O)[C@H]4Cc5cccc6c5[C@@]3(CCN4C)[C@H]2O6)c1. The fourth-order valence-corrected chi connectivity index (χ4v) is 7.84. The van der Waals surface area contributed by atoms with Crippen molar-refractivity contribution >= 4 is 12.0 Å². The summed E-state index contributed by atoms with van der Waals surface area (Å²) in [5, 5.41) is 12.4. The minimum Gasteiger partial charge on any atom is -0.487 e. The Morgan fingerprint density at radius 1 is 1.25 bits per heavy atom. The van der Waals surface area contributed by atoms with E-state index < -0.39 is 11.0 Å². The van der Waals surface area contributed by atoms with Crippen molar-refractivity contribution in [1.29, 1.82) is 0 Å². The van der Waals surface area contributed by atoms with Crippen LogP contribution in [-0.2, 0) is 16.6 Å². The summed E-state index contributed by atoms with van der Waals surface area (Å²) in [7, 11) is 2.14. The van der Waals surface area contributed by atoms with Crippen LogP contribution in [0.3, 0.4) is 0 Å². The van der Waals surface area contributed by atoms with Crippen LogP contribution in [0, 0.1) is 12.8 Å². The van der Waals surface area contributed by atoms with Crippen LogP contribution in [0.2, 0.25) is 0 Å². The van der Waals surface area contributed by atoms with Gasteiger partial charge >= 0.3 is 0 Å². The van der Waals surface area contributed by atoms with E-state index >= 15 is 0 Å². The molecule has 5 nitrogen and oxygen atoms in total. The predicted octanol–water partition coefficient (Wildman–Crippen LogP) is 4.35. The zero-order valence-electron chi connectivity index (χ0n) is 21.9. The molecule has 1 N–H and O–H groups in total. The molecule has 2 fully saturated rings. The van der Waals surface area contributed by atoms with Crippen LogP contribution >= 0.6 is 0 Å². The first kappa shape index (κ1) is 23.7. The van der Waals surface area contributed by atoms with E-state index in [-0.39, 0.29) is 24.1 Å². The number of aliphatic hydroxyl groups is 1. The molecule has 2 aromatic rings. The van der Waals surface area contributed by atoms with Crippen LogP contribution in [-0.4, -0.2) is 64.7 Å². The number of piperidine rings is 1. The van der Waals surface area contributed by atoms with E-state index in [2.05, 4.69) is 63.1 Å². The lowest BCUT2D eigenvalue weighted by Gasteiger charge is -2.64. The Morgan fingerprint density at radius 2 is 2.06 bits per heavy atom. The number of likely N-dealkylation sites (tertiary alicyclic amines) is 1. The summed E-state index contributed by atoms with van der Waals surface area (Å²) in [6, 6.07) is 14.6. The lowest BCUT2D eigenvalue weighted by molar-refractivity contribution is -0.197. The Labute approximate surface area is 214 Å². The molecule has 2 bridgehead atoms. The Balaban J connectivity index is 1.40. The first-order valence-electron chi connectivity index (χ1n) is 13.5. The number of rotatable bonds is 5. The van der Waals surface area contributed by atoms with Crippen molar-refractivity contribution in [3.8, 4) is 5.75 Å². The molecule has 2 aliphatic heterocycles. The van der Waals surface area contributed by atoms with E-state index in [1.54, 1.807) is 6.08 Å². The summed E-state index contributed by atoms with van der Waals surface area (Å²) < 4.78 is 6.79. The Kier molecular flexibility index (Phi) is 5.58. The zero-order valence-corrected chi connectivity index (χ0v) is 21.9. The van der Waals surface area contributed by atoms with E-state index in [1.165, 1.54) is 16.7 Å². The Hall–Kier alpha value is -2.63. The molecule has 1 saturated heterocycles. The number of ether oxygens (including phenoxy) is 1. The quantitative estimate of drug-likeness (QED) is 0.639. The Morgan fingerprint density at radius 3 is 2.83 bits per heavy atom. The second-order valence-electron chi connectivity index (χ2n) is 11.9. The van der Waals surface area contributed by atoms with Gasteiger partial charge in [-0.25, -0.2) is 0 Å². The molecule has 5 atom stereocenters. The van der Waals surface area contributed by atoms with Gasteiger partial charge in [-0.1, -0.05) is 55.8 Å². The third kappa shape index (κ3) is 3.32. The number of likely N-dealkylation sites (N-methyl/N-ethyl adjacent to an activating group) is 1. The normalized spacial score (nSPS) is 32.4. The molecule has 0 unspecified atom stereocenters. The number of hydrogen-bond donors (Lipinski definition) is 1. The van der Waals surface area contributed by atoms with Crippen LogP contribution in [0.1, 0.15) is 55.4 Å². The minimum absolute atomic E-state index is 0.0251. The molecule has 1 amide bonds. The first-order valence-corrected chi connectivity index (χ1v) is 13.5. The van der Waals surface area contributed by atoms with Crippen molar-refractivity contribution in [2.75, 3.05) is 20.1 Å². The van der Waals surface area contributed by atoms with Gasteiger partial charge in [-0.05, 0) is 75.4 Å². The van der Waals surface area contributed by atoms with Crippen LogP contribution in [0.5, 0.6) is 5.75 Å². The lowest BCUT2D eigenvalue weighted by Crippen LogP contribution is -2.78. The second kappa shape index (κ2) is 8.46. The van der Waals surface area contributed by atoms with Crippen LogP contribution in [0.15, 0.2) is 48.5 Å². The van der Waals surface area contributed by atoms with Crippen LogP contribution in [0.4, 0.5) is 0 Å². The van der Waals surface area contributed by atoms with E-state index in [4.69, 9.17) is 4.74 Å². The fourth-order valence-electron chi connectivity index (χ4n) is 7.84. The summed E-state index contributed by atoms with van der Waals surface area (Å²) in [5.41, 5.74) is 3.43. The molecule has 5 heteroatoms. The summed E-state index contributed by atoms with van der Waals surface area (Å²) in [5.74, 6) is 1.27. The predicted molar refractivity (Wildman–Crippen MR) is 142 cm³/mol. The highest BCUT2D eigenvalue weighted by atomic mass is 16.5. The molecule has 4 aliphatic rings. The summed E-state index contributed by atoms with van der Waals surface area (Å²) in [6.07, 6.45) is 6.54. The molecule has 2 aromatic carbocycles. The third-order valence-electron chi connectivity index (χ3n) is 9.30. The highest BCUT2D eigenvalue weighted by molar-refractivity contribution is 5.92. The van der Waals surface area contributed by atoms with E-state index in [0.29, 0.717) is 18.9 Å². The van der Waals surface area contributed by atoms with Gasteiger partial charge in [-0.3, -0.25) is 4.79 Å². The van der Waals surface area contributed by atoms with Crippen molar-refractivity contribution in [2.24, 2.45) is 5.92 Å². The van der Waals surface area contributed by atoms with Gasteiger partial charge in [0.2, 0.25) is 5.91 Å². The molecule has 1 saturated carbocycles. The smallest absolute Gasteiger partial charge is 0.246 e. The minimum atomic E-state index is -0.843. The van der Waals surface area contributed by atoms with Gasteiger partial charge in [0.15, 0.2) is 0 Å². The van der Waals surface area contributed by atoms with Crippen LogP contribution in [0.25, 0.3) is 6.08 Å². The average molecular weight is 487 g/mol. The average Bonchev–Trinajstić information content (AvgIpc) is 3.18. The van der Waals surface area contributed by atoms with Gasteiger partial charge in [0.25, 0.3) is 0 Å². The lowest BCUT2D eigenvalue weighted by atomic mass is 9.48. The monoisotopic (exact) mass is 486 g/mol. The van der Waals surface area contributed by atoms with E-state index in [0.717, 1.165) is 37.1 Å². The van der Waals surface area contributed by atoms with Gasteiger partial charge in [-0.2, -0.15) is 0 Å². The maximum atomic E-state index is 13.8. The molecule has 2 heterocycles. The molecule has 0 radical (unpaired) electrons. The van der Waals surface area contributed by atoms with Crippen molar-refractivity contribution in [3.05, 3.63) is 70.8 Å². The van der Waals surface area contributed by atoms with Crippen molar-refractivity contribution in [1.82, 2.24) is 9.80 Å². The number of carbonyl (C=O) groups is 1. The fraction of sp³-hybridized carbons (Fsp3) is 0.516. The van der Waals surface area contributed by atoms with Gasteiger partial charge < -0.3 is 19.6 Å². The highest BCUT2D eigenvalue weighted by Crippen LogP contribution is 2.64. The van der Waals surface area contributed by atoms with Crippen molar-refractivity contribution in [2.45, 2.75) is 75.7 Å². The highest BCUT2D eigenvalue weighted by Gasteiger charge is 2.72. The first-order chi connectivity index (χ1) is 17.2. The van der Waals surface area contributed by atoms with Crippen molar-refractivity contribution < 1.29 is 14.6 Å². The molecule has 190 valence electrons. The van der Waals surface area contributed by atoms with E-state index in [9.17, 15) is 9.90 Å². The summed E-state index contributed by atoms with van der Waals surface area (Å²) >= 11 is 0. The van der Waals surface area contributed by atoms with Crippen molar-refractivity contribution in [3.63, 3.8) is 0 Å². The van der Waals surface area contributed by atoms with Gasteiger partial charge in [0, 0.05) is 24.2 Å². The van der Waals surface area contributed by atoms with Gasteiger partial charge in [0.05, 0.1) is 17.1 Å². The second-order valence-corrected chi connectivity index (χ2v) is 11.9. The van der Waals surface area contributed by atoms with Gasteiger partial charge in [-0.15, -0.1) is 0 Å². The number of nitrogens with zero attached hydrogens (tertiary/aromatic N) is 2. The zero-order chi connectivity index (χ0) is 25.2. The maximum absolute atomic E-state index is 13.8. The number of aryl methyl sites for hydroxylation is 1. The number of hydrogen-bond acceptors (Lipinski definition) is 4. The number of carbonyl (C=O) groups excluding carboxylic acids is 1. The molecule has 36 heavy (non-hydrogen) atoms. The van der Waals surface area contributed by atoms with Gasteiger partial charge in [0.1, 0.15) is 11.9 Å². The molecule has 0 aromatic heterocycles. The van der Waals surface area contributed by atoms with E-state index in [1.807, 2.05) is 23.1 Å². The van der Waals surface area contributed by atoms with Crippen LogP contribution < -0.4 is 4.74 Å². The number of amides is 1. The molecular weight excluding hydrogens is 448 g/mol. The molecular formula is C31H38N2O3. The Bertz CT molecular complexity index is 1220. The topological polar surface area (TPSA) is 53.0 Å². The molecule has 2 aliphatic carbocycles.